The molecule has 3 nitrogen and oxygen atoms in total. The maximum absolute atomic E-state index is 11.6. The fourth-order valence-electron chi connectivity index (χ4n) is 2.80. The van der Waals surface area contributed by atoms with Crippen LogP contribution in [0.15, 0.2) is 4.99 Å². The second-order valence-corrected chi connectivity index (χ2v) is 5.05. The van der Waals surface area contributed by atoms with E-state index in [1.54, 1.807) is 0 Å². The molecule has 0 bridgehead atoms. The van der Waals surface area contributed by atoms with Gasteiger partial charge < -0.3 is 5.32 Å². The molecule has 1 saturated carbocycles. The summed E-state index contributed by atoms with van der Waals surface area (Å²) in [5, 5.41) is 2.97. The highest BCUT2D eigenvalue weighted by Crippen LogP contribution is 2.31. The lowest BCUT2D eigenvalue weighted by Gasteiger charge is -2.27. The zero-order valence-corrected chi connectivity index (χ0v) is 10.3. The van der Waals surface area contributed by atoms with Gasteiger partial charge in [0, 0.05) is 5.92 Å². The summed E-state index contributed by atoms with van der Waals surface area (Å²) in [6.07, 6.45) is 7.12. The number of nitrogens with one attached hydrogen (secondary N) is 1. The van der Waals surface area contributed by atoms with E-state index in [1.165, 1.54) is 32.1 Å². The molecule has 0 aromatic rings. The largest absolute Gasteiger partial charge is 0.312 e. The average Bonchev–Trinajstić information content (AvgIpc) is 2.71. The first-order valence-corrected chi connectivity index (χ1v) is 6.63. The predicted octanol–water partition coefficient (Wildman–Crippen LogP) is 2.51. The lowest BCUT2D eigenvalue weighted by molar-refractivity contribution is -0.120. The van der Waals surface area contributed by atoms with Gasteiger partial charge in [-0.3, -0.25) is 9.79 Å². The molecule has 0 aromatic heterocycles. The van der Waals surface area contributed by atoms with Crippen molar-refractivity contribution in [1.82, 2.24) is 5.32 Å². The third kappa shape index (κ3) is 2.28. The van der Waals surface area contributed by atoms with Crippen LogP contribution in [0.4, 0.5) is 0 Å². The van der Waals surface area contributed by atoms with Crippen LogP contribution in [-0.4, -0.2) is 17.8 Å². The van der Waals surface area contributed by atoms with E-state index in [-0.39, 0.29) is 11.9 Å². The minimum absolute atomic E-state index is 0.107. The molecule has 1 aliphatic heterocycles. The summed E-state index contributed by atoms with van der Waals surface area (Å²) >= 11 is 0. The van der Waals surface area contributed by atoms with E-state index < -0.39 is 0 Å². The Morgan fingerprint density at radius 3 is 2.38 bits per heavy atom. The van der Waals surface area contributed by atoms with Crippen molar-refractivity contribution in [2.75, 3.05) is 0 Å². The maximum Gasteiger partial charge on any atom is 0.250 e. The van der Waals surface area contributed by atoms with Gasteiger partial charge in [-0.05, 0) is 38.0 Å². The average molecular weight is 222 g/mol. The highest BCUT2D eigenvalue weighted by atomic mass is 16.2. The molecule has 1 heterocycles. The van der Waals surface area contributed by atoms with Gasteiger partial charge in [-0.1, -0.05) is 20.3 Å². The van der Waals surface area contributed by atoms with E-state index in [2.05, 4.69) is 17.2 Å². The van der Waals surface area contributed by atoms with Gasteiger partial charge in [0.15, 0.2) is 0 Å². The topological polar surface area (TPSA) is 41.5 Å². The van der Waals surface area contributed by atoms with Crippen LogP contribution in [0, 0.1) is 11.8 Å². The fraction of sp³-hybridized carbons (Fsp3) is 0.846. The first-order valence-electron chi connectivity index (χ1n) is 6.63. The molecule has 3 heteroatoms. The molecule has 1 unspecified atom stereocenters. The van der Waals surface area contributed by atoms with E-state index >= 15 is 0 Å². The number of aliphatic imine (C=N–C) groups is 1. The summed E-state index contributed by atoms with van der Waals surface area (Å²) in [4.78, 5) is 16.1. The van der Waals surface area contributed by atoms with Crippen LogP contribution in [0.2, 0.25) is 0 Å². The molecule has 16 heavy (non-hydrogen) atoms. The first-order chi connectivity index (χ1) is 7.74. The Morgan fingerprint density at radius 2 is 1.88 bits per heavy atom. The highest BCUT2D eigenvalue weighted by molar-refractivity contribution is 6.06. The van der Waals surface area contributed by atoms with E-state index in [0.717, 1.165) is 18.2 Å². The molecule has 2 aliphatic rings. The second-order valence-electron chi connectivity index (χ2n) is 5.05. The standard InChI is InChI=1S/C13H22N2O/c1-3-9-5-7-10(8-6-9)12-14-11(4-2)13(16)15-12/h9-11H,3-8H2,1-2H3,(H,14,15,16). The summed E-state index contributed by atoms with van der Waals surface area (Å²) in [6, 6.07) is -0.112. The van der Waals surface area contributed by atoms with Crippen molar-refractivity contribution >= 4 is 11.7 Å². The first kappa shape index (κ1) is 11.6. The Hall–Kier alpha value is -0.860. The molecule has 0 saturated heterocycles. The number of rotatable bonds is 3. The third-order valence-electron chi connectivity index (χ3n) is 4.05. The number of carbonyl (C=O) groups excluding carboxylic acids is 1. The number of amidine groups is 1. The van der Waals surface area contributed by atoms with Gasteiger partial charge in [-0.25, -0.2) is 0 Å². The number of carbonyl (C=O) groups is 1. The van der Waals surface area contributed by atoms with Crippen LogP contribution in [0.3, 0.4) is 0 Å². The summed E-state index contributed by atoms with van der Waals surface area (Å²) in [5.41, 5.74) is 0. The van der Waals surface area contributed by atoms with Crippen LogP contribution in [0.25, 0.3) is 0 Å². The number of hydrogen-bond acceptors (Lipinski definition) is 2. The molecule has 1 N–H and O–H groups in total. The second kappa shape index (κ2) is 4.98. The minimum Gasteiger partial charge on any atom is -0.312 e. The van der Waals surface area contributed by atoms with Crippen LogP contribution >= 0.6 is 0 Å². The summed E-state index contributed by atoms with van der Waals surface area (Å²) in [7, 11) is 0. The molecule has 1 atom stereocenters. The van der Waals surface area contributed by atoms with Gasteiger partial charge >= 0.3 is 0 Å². The quantitative estimate of drug-likeness (QED) is 0.783. The molecule has 2 rings (SSSR count). The molecular formula is C13H22N2O. The molecule has 0 aromatic carbocycles. The molecule has 1 amide bonds. The van der Waals surface area contributed by atoms with E-state index in [4.69, 9.17) is 0 Å². The molecule has 0 radical (unpaired) electrons. The monoisotopic (exact) mass is 222 g/mol. The van der Waals surface area contributed by atoms with Gasteiger partial charge in [0.2, 0.25) is 5.91 Å². The lowest BCUT2D eigenvalue weighted by atomic mass is 9.80. The van der Waals surface area contributed by atoms with Crippen LogP contribution < -0.4 is 5.32 Å². The normalized spacial score (nSPS) is 34.8. The fourth-order valence-corrected chi connectivity index (χ4v) is 2.80. The van der Waals surface area contributed by atoms with Crippen molar-refractivity contribution in [3.63, 3.8) is 0 Å². The predicted molar refractivity (Wildman–Crippen MR) is 65.4 cm³/mol. The number of nitrogens with zero attached hydrogens (tertiary/aromatic N) is 1. The van der Waals surface area contributed by atoms with Gasteiger partial charge in [-0.2, -0.15) is 0 Å². The Morgan fingerprint density at radius 1 is 1.19 bits per heavy atom. The third-order valence-corrected chi connectivity index (χ3v) is 4.05. The lowest BCUT2D eigenvalue weighted by Crippen LogP contribution is -2.34. The minimum atomic E-state index is -0.112. The molecule has 1 fully saturated rings. The van der Waals surface area contributed by atoms with E-state index in [0.29, 0.717) is 5.92 Å². The van der Waals surface area contributed by atoms with Crippen LogP contribution in [-0.2, 0) is 4.79 Å². The van der Waals surface area contributed by atoms with Gasteiger partial charge in [0.05, 0.1) is 0 Å². The SMILES string of the molecule is CCC1CCC(C2=NC(CC)C(=O)N2)CC1. The maximum atomic E-state index is 11.6. The van der Waals surface area contributed by atoms with E-state index in [9.17, 15) is 4.79 Å². The van der Waals surface area contributed by atoms with Crippen molar-refractivity contribution in [2.45, 2.75) is 58.4 Å². The van der Waals surface area contributed by atoms with Gasteiger partial charge in [0.25, 0.3) is 0 Å². The number of hydrogen-bond donors (Lipinski definition) is 1. The van der Waals surface area contributed by atoms with Gasteiger partial charge in [-0.15, -0.1) is 0 Å². The Bertz CT molecular complexity index is 290. The Kier molecular flexibility index (Phi) is 3.62. The van der Waals surface area contributed by atoms with Crippen LogP contribution in [0.1, 0.15) is 52.4 Å². The molecule has 1 aliphatic carbocycles. The smallest absolute Gasteiger partial charge is 0.250 e. The zero-order valence-electron chi connectivity index (χ0n) is 10.3. The summed E-state index contributed by atoms with van der Waals surface area (Å²) in [6.45, 7) is 4.29. The van der Waals surface area contributed by atoms with Crippen molar-refractivity contribution < 1.29 is 4.79 Å². The molecule has 90 valence electrons. The molecular weight excluding hydrogens is 200 g/mol. The Labute approximate surface area is 97.7 Å². The Balaban J connectivity index is 1.93. The van der Waals surface area contributed by atoms with Gasteiger partial charge in [0.1, 0.15) is 11.9 Å². The van der Waals surface area contributed by atoms with E-state index in [1.807, 2.05) is 6.92 Å². The van der Waals surface area contributed by atoms with Crippen molar-refractivity contribution in [1.29, 1.82) is 0 Å². The van der Waals surface area contributed by atoms with Crippen molar-refractivity contribution in [3.05, 3.63) is 0 Å². The van der Waals surface area contributed by atoms with Crippen molar-refractivity contribution in [3.8, 4) is 0 Å². The summed E-state index contributed by atoms with van der Waals surface area (Å²) < 4.78 is 0. The summed E-state index contributed by atoms with van der Waals surface area (Å²) in [5.74, 6) is 2.50. The highest BCUT2D eigenvalue weighted by Gasteiger charge is 2.31. The number of amides is 1. The zero-order chi connectivity index (χ0) is 11.5. The van der Waals surface area contributed by atoms with Crippen LogP contribution in [0.5, 0.6) is 0 Å². The molecule has 0 spiro atoms. The van der Waals surface area contributed by atoms with Crippen molar-refractivity contribution in [2.24, 2.45) is 16.8 Å².